The van der Waals surface area contributed by atoms with E-state index in [1.807, 2.05) is 0 Å². The predicted molar refractivity (Wildman–Crippen MR) is 58.0 cm³/mol. The van der Waals surface area contributed by atoms with Crippen LogP contribution in [-0.4, -0.2) is 22.2 Å². The quantitative estimate of drug-likeness (QED) is 0.544. The minimum Gasteiger partial charge on any atom is -0.383 e. The molecule has 1 rings (SSSR count). The highest BCUT2D eigenvalue weighted by Crippen LogP contribution is 2.08. The highest BCUT2D eigenvalue weighted by molar-refractivity contribution is 5.98. The Labute approximate surface area is 88.6 Å². The molecule has 80 valence electrons. The molecule has 15 heavy (non-hydrogen) atoms. The molecule has 0 saturated carbocycles. The molecule has 0 radical (unpaired) electrons. The lowest BCUT2D eigenvalue weighted by Gasteiger charge is -2.02. The smallest absolute Gasteiger partial charge is 0.256 e. The first kappa shape index (κ1) is 11.1. The molecule has 5 nitrogen and oxygen atoms in total. The number of carbonyl (C=O) groups is 1. The molecule has 0 bridgehead atoms. The third kappa shape index (κ3) is 2.74. The second-order valence-electron chi connectivity index (χ2n) is 3.13. The zero-order chi connectivity index (χ0) is 11.3. The summed E-state index contributed by atoms with van der Waals surface area (Å²) >= 11 is 0. The topological polar surface area (TPSA) is 72.9 Å². The van der Waals surface area contributed by atoms with E-state index in [9.17, 15) is 4.79 Å². The van der Waals surface area contributed by atoms with Gasteiger partial charge in [0.25, 0.3) is 5.91 Å². The summed E-state index contributed by atoms with van der Waals surface area (Å²) in [6.07, 6.45) is 7.96. The van der Waals surface area contributed by atoms with Crippen molar-refractivity contribution >= 4 is 11.7 Å². The van der Waals surface area contributed by atoms with Crippen LogP contribution in [0.25, 0.3) is 0 Å². The first-order valence-corrected chi connectivity index (χ1v) is 4.66. The van der Waals surface area contributed by atoms with E-state index in [-0.39, 0.29) is 5.91 Å². The molecule has 3 N–H and O–H groups in total. The largest absolute Gasteiger partial charge is 0.383 e. The van der Waals surface area contributed by atoms with Crippen molar-refractivity contribution in [2.24, 2.45) is 7.05 Å². The lowest BCUT2D eigenvalue weighted by Crippen LogP contribution is -2.25. The molecule has 0 fully saturated rings. The van der Waals surface area contributed by atoms with Gasteiger partial charge in [0, 0.05) is 20.0 Å². The molecule has 1 aromatic rings. The molecular formula is C10H14N4O. The second-order valence-corrected chi connectivity index (χ2v) is 3.13. The van der Waals surface area contributed by atoms with Gasteiger partial charge in [0.1, 0.15) is 11.4 Å². The van der Waals surface area contributed by atoms with Crippen LogP contribution in [0.4, 0.5) is 5.82 Å². The molecular weight excluding hydrogens is 192 g/mol. The van der Waals surface area contributed by atoms with Gasteiger partial charge in [0.2, 0.25) is 0 Å². The standard InChI is InChI=1S/C10H14N4O/c1-3-4-5-6-12-10(15)8-7-13-14(2)9(8)11/h1,7H,4-6,11H2,2H3,(H,12,15). The summed E-state index contributed by atoms with van der Waals surface area (Å²) in [5.74, 6) is 2.66. The number of carbonyl (C=O) groups excluding carboxylic acids is 1. The molecule has 0 atom stereocenters. The van der Waals surface area contributed by atoms with Crippen LogP contribution >= 0.6 is 0 Å². The Morgan fingerprint density at radius 1 is 1.80 bits per heavy atom. The number of aryl methyl sites for hydroxylation is 1. The van der Waals surface area contributed by atoms with E-state index in [0.29, 0.717) is 24.3 Å². The fraction of sp³-hybridized carbons (Fsp3) is 0.400. The first-order chi connectivity index (χ1) is 7.16. The van der Waals surface area contributed by atoms with E-state index in [2.05, 4.69) is 16.3 Å². The van der Waals surface area contributed by atoms with Gasteiger partial charge < -0.3 is 11.1 Å². The van der Waals surface area contributed by atoms with Crippen molar-refractivity contribution in [1.82, 2.24) is 15.1 Å². The molecule has 0 aliphatic heterocycles. The Bertz CT molecular complexity index is 389. The summed E-state index contributed by atoms with van der Waals surface area (Å²) in [5.41, 5.74) is 6.04. The molecule has 5 heteroatoms. The van der Waals surface area contributed by atoms with Crippen LogP contribution in [0.3, 0.4) is 0 Å². The Kier molecular flexibility index (Phi) is 3.75. The molecule has 0 saturated heterocycles. The third-order valence-corrected chi connectivity index (χ3v) is 2.01. The maximum atomic E-state index is 11.5. The molecule has 1 amide bonds. The number of nitrogens with one attached hydrogen (secondary N) is 1. The average Bonchev–Trinajstić information content (AvgIpc) is 2.55. The van der Waals surface area contributed by atoms with Crippen LogP contribution in [-0.2, 0) is 7.05 Å². The molecule has 0 aliphatic carbocycles. The summed E-state index contributed by atoms with van der Waals surface area (Å²) in [7, 11) is 1.68. The number of aromatic nitrogens is 2. The summed E-state index contributed by atoms with van der Waals surface area (Å²) in [6.45, 7) is 0.553. The SMILES string of the molecule is C#CCCCNC(=O)c1cnn(C)c1N. The number of nitrogen functional groups attached to an aromatic ring is 1. The van der Waals surface area contributed by atoms with Crippen LogP contribution in [0, 0.1) is 12.3 Å². The van der Waals surface area contributed by atoms with Gasteiger partial charge in [-0.1, -0.05) is 0 Å². The number of rotatable bonds is 4. The normalized spacial score (nSPS) is 9.60. The second kappa shape index (κ2) is 5.05. The summed E-state index contributed by atoms with van der Waals surface area (Å²) in [6, 6.07) is 0. The fourth-order valence-electron chi connectivity index (χ4n) is 1.11. The molecule has 1 heterocycles. The Morgan fingerprint density at radius 2 is 2.53 bits per heavy atom. The summed E-state index contributed by atoms with van der Waals surface area (Å²) in [5, 5.41) is 6.60. The number of nitrogens with zero attached hydrogens (tertiary/aromatic N) is 2. The van der Waals surface area contributed by atoms with Crippen LogP contribution in [0.5, 0.6) is 0 Å². The first-order valence-electron chi connectivity index (χ1n) is 4.66. The highest BCUT2D eigenvalue weighted by atomic mass is 16.1. The van der Waals surface area contributed by atoms with E-state index in [1.165, 1.54) is 10.9 Å². The minimum atomic E-state index is -0.211. The number of nitrogens with two attached hydrogens (primary N) is 1. The zero-order valence-corrected chi connectivity index (χ0v) is 8.66. The maximum Gasteiger partial charge on any atom is 0.256 e. The van der Waals surface area contributed by atoms with Crippen molar-refractivity contribution in [3.8, 4) is 12.3 Å². The Hall–Kier alpha value is -1.96. The lowest BCUT2D eigenvalue weighted by atomic mass is 10.3. The number of unbranched alkanes of at least 4 members (excludes halogenated alkanes) is 1. The van der Waals surface area contributed by atoms with Gasteiger partial charge in [-0.2, -0.15) is 5.10 Å². The molecule has 0 spiro atoms. The van der Waals surface area contributed by atoms with Crippen molar-refractivity contribution in [2.75, 3.05) is 12.3 Å². The van der Waals surface area contributed by atoms with Gasteiger partial charge in [-0.15, -0.1) is 12.3 Å². The summed E-state index contributed by atoms with van der Waals surface area (Å²) < 4.78 is 1.45. The molecule has 1 aromatic heterocycles. The van der Waals surface area contributed by atoms with Gasteiger partial charge in [-0.3, -0.25) is 9.48 Å². The van der Waals surface area contributed by atoms with Crippen molar-refractivity contribution in [2.45, 2.75) is 12.8 Å². The number of terminal acetylenes is 1. The monoisotopic (exact) mass is 206 g/mol. The van der Waals surface area contributed by atoms with Gasteiger partial charge in [-0.05, 0) is 6.42 Å². The average molecular weight is 206 g/mol. The van der Waals surface area contributed by atoms with Gasteiger partial charge in [0.15, 0.2) is 0 Å². The van der Waals surface area contributed by atoms with Crippen LogP contribution in [0.1, 0.15) is 23.2 Å². The molecule has 0 aliphatic rings. The van der Waals surface area contributed by atoms with Crippen molar-refractivity contribution in [1.29, 1.82) is 0 Å². The van der Waals surface area contributed by atoms with Gasteiger partial charge in [0.05, 0.1) is 6.20 Å². The van der Waals surface area contributed by atoms with Crippen LogP contribution in [0.2, 0.25) is 0 Å². The van der Waals surface area contributed by atoms with Crippen LogP contribution < -0.4 is 11.1 Å². The highest BCUT2D eigenvalue weighted by Gasteiger charge is 2.12. The summed E-state index contributed by atoms with van der Waals surface area (Å²) in [4.78, 5) is 11.5. The number of hydrogen-bond acceptors (Lipinski definition) is 3. The van der Waals surface area contributed by atoms with E-state index in [0.717, 1.165) is 6.42 Å². The van der Waals surface area contributed by atoms with Crippen LogP contribution in [0.15, 0.2) is 6.20 Å². The van der Waals surface area contributed by atoms with Crippen molar-refractivity contribution < 1.29 is 4.79 Å². The Morgan fingerprint density at radius 3 is 3.07 bits per heavy atom. The lowest BCUT2D eigenvalue weighted by molar-refractivity contribution is 0.0954. The van der Waals surface area contributed by atoms with Gasteiger partial charge in [-0.25, -0.2) is 0 Å². The number of anilines is 1. The molecule has 0 aromatic carbocycles. The predicted octanol–water partition coefficient (Wildman–Crippen LogP) is 0.145. The van der Waals surface area contributed by atoms with E-state index < -0.39 is 0 Å². The van der Waals surface area contributed by atoms with E-state index in [1.54, 1.807) is 7.05 Å². The maximum absolute atomic E-state index is 11.5. The number of amides is 1. The van der Waals surface area contributed by atoms with E-state index >= 15 is 0 Å². The van der Waals surface area contributed by atoms with Gasteiger partial charge >= 0.3 is 0 Å². The zero-order valence-electron chi connectivity index (χ0n) is 8.66. The fourth-order valence-corrected chi connectivity index (χ4v) is 1.11. The Balaban J connectivity index is 2.48. The third-order valence-electron chi connectivity index (χ3n) is 2.01. The number of hydrogen-bond donors (Lipinski definition) is 2. The van der Waals surface area contributed by atoms with Crippen molar-refractivity contribution in [3.05, 3.63) is 11.8 Å². The minimum absolute atomic E-state index is 0.211. The molecule has 0 unspecified atom stereocenters. The van der Waals surface area contributed by atoms with Crippen molar-refractivity contribution in [3.63, 3.8) is 0 Å². The van der Waals surface area contributed by atoms with E-state index in [4.69, 9.17) is 12.2 Å².